The lowest BCUT2D eigenvalue weighted by atomic mass is 9.90. The van der Waals surface area contributed by atoms with E-state index in [1.165, 1.54) is 11.5 Å². The molecule has 1 aromatic rings. The number of hydrogen-bond donors (Lipinski definition) is 1. The van der Waals surface area contributed by atoms with Gasteiger partial charge < -0.3 is 9.84 Å². The fraction of sp³-hybridized carbons (Fsp3) is 0.818. The molecule has 1 atom stereocenters. The summed E-state index contributed by atoms with van der Waals surface area (Å²) in [5.74, 6) is 0. The van der Waals surface area contributed by atoms with Crippen LogP contribution in [0.15, 0.2) is 0 Å². The van der Waals surface area contributed by atoms with E-state index in [4.69, 9.17) is 4.74 Å². The second-order valence-corrected chi connectivity index (χ2v) is 5.61. The van der Waals surface area contributed by atoms with E-state index in [-0.39, 0.29) is 5.41 Å². The van der Waals surface area contributed by atoms with Crippen LogP contribution in [0.3, 0.4) is 0 Å². The molecule has 5 heteroatoms. The Kier molecular flexibility index (Phi) is 4.83. The van der Waals surface area contributed by atoms with E-state index < -0.39 is 6.10 Å². The Morgan fingerprint density at radius 2 is 2.12 bits per heavy atom. The Morgan fingerprint density at radius 3 is 2.69 bits per heavy atom. The van der Waals surface area contributed by atoms with Crippen LogP contribution in [0.25, 0.3) is 0 Å². The van der Waals surface area contributed by atoms with E-state index in [1.807, 2.05) is 6.92 Å². The molecule has 0 aliphatic rings. The summed E-state index contributed by atoms with van der Waals surface area (Å²) in [6.07, 6.45) is 0.348. The topological polar surface area (TPSA) is 55.2 Å². The first-order chi connectivity index (χ1) is 7.46. The van der Waals surface area contributed by atoms with Gasteiger partial charge in [0.25, 0.3) is 0 Å². The van der Waals surface area contributed by atoms with Crippen LogP contribution < -0.4 is 0 Å². The Morgan fingerprint density at radius 1 is 1.44 bits per heavy atom. The molecule has 0 aromatic carbocycles. The zero-order valence-corrected chi connectivity index (χ0v) is 11.2. The number of hydrogen-bond acceptors (Lipinski definition) is 5. The monoisotopic (exact) mass is 244 g/mol. The van der Waals surface area contributed by atoms with Crippen LogP contribution in [0.4, 0.5) is 0 Å². The maximum absolute atomic E-state index is 9.99. The van der Waals surface area contributed by atoms with Crippen molar-refractivity contribution in [2.45, 2.75) is 45.6 Å². The molecule has 0 saturated heterocycles. The summed E-state index contributed by atoms with van der Waals surface area (Å²) in [6, 6.07) is 0. The van der Waals surface area contributed by atoms with Crippen LogP contribution in [0.1, 0.15) is 50.8 Å². The highest BCUT2D eigenvalue weighted by Gasteiger charge is 2.26. The van der Waals surface area contributed by atoms with Gasteiger partial charge in [0.15, 0.2) is 0 Å². The zero-order valence-electron chi connectivity index (χ0n) is 10.4. The Hall–Kier alpha value is -0.520. The number of rotatable bonds is 5. The van der Waals surface area contributed by atoms with Crippen LogP contribution in [-0.2, 0) is 10.2 Å². The van der Waals surface area contributed by atoms with Gasteiger partial charge in [-0.3, -0.25) is 0 Å². The van der Waals surface area contributed by atoms with Crippen molar-refractivity contribution in [3.8, 4) is 0 Å². The Balaban J connectivity index is 2.68. The molecule has 0 saturated carbocycles. The molecule has 0 spiro atoms. The van der Waals surface area contributed by atoms with E-state index in [1.54, 1.807) is 0 Å². The standard InChI is InChI=1S/C11H20N2O2S/c1-5-6-15-7-8(14)9-10(11(2,3)4)12-13-16-9/h8,14H,5-7H2,1-4H3. The highest BCUT2D eigenvalue weighted by Crippen LogP contribution is 2.30. The molecule has 4 nitrogen and oxygen atoms in total. The summed E-state index contributed by atoms with van der Waals surface area (Å²) in [6.45, 7) is 9.22. The van der Waals surface area contributed by atoms with Gasteiger partial charge >= 0.3 is 0 Å². The van der Waals surface area contributed by atoms with Gasteiger partial charge in [0.2, 0.25) is 0 Å². The summed E-state index contributed by atoms with van der Waals surface area (Å²) < 4.78 is 9.25. The Bertz CT molecular complexity index is 320. The van der Waals surface area contributed by atoms with Crippen LogP contribution in [0, 0.1) is 0 Å². The molecule has 1 heterocycles. The lowest BCUT2D eigenvalue weighted by Crippen LogP contribution is -2.17. The molecule has 0 fully saturated rings. The predicted octanol–water partition coefficient (Wildman–Crippen LogP) is 2.30. The molecular weight excluding hydrogens is 224 g/mol. The number of aliphatic hydroxyl groups excluding tert-OH is 1. The number of nitrogens with zero attached hydrogens (tertiary/aromatic N) is 2. The van der Waals surface area contributed by atoms with Crippen molar-refractivity contribution in [3.63, 3.8) is 0 Å². The highest BCUT2D eigenvalue weighted by atomic mass is 32.1. The van der Waals surface area contributed by atoms with Gasteiger partial charge in [-0.25, -0.2) is 0 Å². The fourth-order valence-corrected chi connectivity index (χ4v) is 2.18. The number of aliphatic hydroxyl groups is 1. The van der Waals surface area contributed by atoms with Crippen molar-refractivity contribution in [2.24, 2.45) is 0 Å². The van der Waals surface area contributed by atoms with Gasteiger partial charge in [0.1, 0.15) is 6.10 Å². The van der Waals surface area contributed by atoms with Crippen molar-refractivity contribution in [1.29, 1.82) is 0 Å². The first kappa shape index (κ1) is 13.5. The average Bonchev–Trinajstić information content (AvgIpc) is 2.65. The quantitative estimate of drug-likeness (QED) is 0.807. The molecule has 92 valence electrons. The lowest BCUT2D eigenvalue weighted by Gasteiger charge is -2.18. The Labute approximate surface area is 101 Å². The summed E-state index contributed by atoms with van der Waals surface area (Å²) in [7, 11) is 0. The van der Waals surface area contributed by atoms with Gasteiger partial charge in [0.05, 0.1) is 17.2 Å². The summed E-state index contributed by atoms with van der Waals surface area (Å²) in [4.78, 5) is 0.823. The summed E-state index contributed by atoms with van der Waals surface area (Å²) in [5, 5.41) is 14.1. The van der Waals surface area contributed by atoms with Gasteiger partial charge in [-0.05, 0) is 18.0 Å². The molecule has 0 radical (unpaired) electrons. The van der Waals surface area contributed by atoms with E-state index in [0.717, 1.165) is 17.0 Å². The molecule has 1 N–H and O–H groups in total. The first-order valence-electron chi connectivity index (χ1n) is 5.55. The van der Waals surface area contributed by atoms with E-state index in [2.05, 4.69) is 30.4 Å². The van der Waals surface area contributed by atoms with Crippen LogP contribution in [0.5, 0.6) is 0 Å². The largest absolute Gasteiger partial charge is 0.385 e. The zero-order chi connectivity index (χ0) is 12.2. The lowest BCUT2D eigenvalue weighted by molar-refractivity contribution is 0.0372. The third-order valence-corrected chi connectivity index (χ3v) is 2.98. The van der Waals surface area contributed by atoms with Crippen molar-refractivity contribution < 1.29 is 9.84 Å². The van der Waals surface area contributed by atoms with E-state index in [9.17, 15) is 5.11 Å². The van der Waals surface area contributed by atoms with Crippen molar-refractivity contribution in [1.82, 2.24) is 9.59 Å². The molecule has 0 aliphatic heterocycles. The van der Waals surface area contributed by atoms with Crippen LogP contribution in [-0.4, -0.2) is 27.9 Å². The third kappa shape index (κ3) is 3.50. The minimum Gasteiger partial charge on any atom is -0.385 e. The normalized spacial score (nSPS) is 14.1. The summed E-state index contributed by atoms with van der Waals surface area (Å²) >= 11 is 1.25. The highest BCUT2D eigenvalue weighted by molar-refractivity contribution is 7.05. The van der Waals surface area contributed by atoms with Gasteiger partial charge in [-0.2, -0.15) is 0 Å². The first-order valence-corrected chi connectivity index (χ1v) is 6.32. The second-order valence-electron chi connectivity index (χ2n) is 4.83. The second kappa shape index (κ2) is 5.70. The third-order valence-electron chi connectivity index (χ3n) is 2.15. The molecule has 0 aliphatic carbocycles. The maximum atomic E-state index is 9.99. The van der Waals surface area contributed by atoms with E-state index in [0.29, 0.717) is 13.2 Å². The molecule has 1 rings (SSSR count). The maximum Gasteiger partial charge on any atom is 0.115 e. The molecular formula is C11H20N2O2S. The van der Waals surface area contributed by atoms with Crippen molar-refractivity contribution >= 4 is 11.5 Å². The molecule has 0 bridgehead atoms. The van der Waals surface area contributed by atoms with Crippen LogP contribution >= 0.6 is 11.5 Å². The predicted molar refractivity (Wildman–Crippen MR) is 64.7 cm³/mol. The summed E-state index contributed by atoms with van der Waals surface area (Å²) in [5.41, 5.74) is 0.777. The van der Waals surface area contributed by atoms with Gasteiger partial charge in [-0.1, -0.05) is 32.2 Å². The molecule has 0 amide bonds. The van der Waals surface area contributed by atoms with Crippen LogP contribution in [0.2, 0.25) is 0 Å². The smallest absolute Gasteiger partial charge is 0.115 e. The van der Waals surface area contributed by atoms with E-state index >= 15 is 0 Å². The molecule has 1 unspecified atom stereocenters. The van der Waals surface area contributed by atoms with Crippen molar-refractivity contribution in [2.75, 3.05) is 13.2 Å². The average molecular weight is 244 g/mol. The minimum absolute atomic E-state index is 0.0892. The van der Waals surface area contributed by atoms with Gasteiger partial charge in [-0.15, -0.1) is 5.10 Å². The van der Waals surface area contributed by atoms with Gasteiger partial charge in [0, 0.05) is 12.0 Å². The number of aromatic nitrogens is 2. The SMILES string of the molecule is CCCOCC(O)c1snnc1C(C)(C)C. The minimum atomic E-state index is -0.610. The fourth-order valence-electron chi connectivity index (χ4n) is 1.35. The van der Waals surface area contributed by atoms with Crippen molar-refractivity contribution in [3.05, 3.63) is 10.6 Å². The molecule has 16 heavy (non-hydrogen) atoms. The molecule has 1 aromatic heterocycles. The number of ether oxygens (including phenoxy) is 1.